The summed E-state index contributed by atoms with van der Waals surface area (Å²) in [5.41, 5.74) is 0.382. The number of nitrogens with zero attached hydrogens (tertiary/aromatic N) is 1. The van der Waals surface area contributed by atoms with Gasteiger partial charge < -0.3 is 20.4 Å². The number of ether oxygens (including phenoxy) is 1. The number of hydrogen-bond acceptors (Lipinski definition) is 6. The Kier molecular flexibility index (Phi) is 6.05. The van der Waals surface area contributed by atoms with Gasteiger partial charge in [0.1, 0.15) is 10.4 Å². The maximum atomic E-state index is 12.6. The first-order chi connectivity index (χ1) is 14.7. The van der Waals surface area contributed by atoms with Crippen molar-refractivity contribution < 1.29 is 14.3 Å². The number of aryl methyl sites for hydroxylation is 2. The van der Waals surface area contributed by atoms with E-state index >= 15 is 0 Å². The van der Waals surface area contributed by atoms with Crippen molar-refractivity contribution in [1.29, 1.82) is 0 Å². The van der Waals surface area contributed by atoms with Crippen molar-refractivity contribution >= 4 is 33.6 Å². The molecule has 0 aliphatic heterocycles. The van der Waals surface area contributed by atoms with Crippen LogP contribution in [0.3, 0.4) is 0 Å². The lowest BCUT2D eigenvalue weighted by Crippen LogP contribution is -2.42. The van der Waals surface area contributed by atoms with Crippen molar-refractivity contribution in [1.82, 2.24) is 20.6 Å². The summed E-state index contributed by atoms with van der Waals surface area (Å²) in [7, 11) is 0. The van der Waals surface area contributed by atoms with Crippen LogP contribution in [0.4, 0.5) is 4.79 Å². The van der Waals surface area contributed by atoms with E-state index in [1.54, 1.807) is 0 Å². The van der Waals surface area contributed by atoms with Crippen molar-refractivity contribution in [3.05, 3.63) is 26.6 Å². The number of fused-ring (bicyclic) bond motifs is 3. The van der Waals surface area contributed by atoms with Crippen molar-refractivity contribution in [2.24, 2.45) is 5.92 Å². The van der Waals surface area contributed by atoms with E-state index < -0.39 is 5.60 Å². The second-order valence-corrected chi connectivity index (χ2v) is 10.6. The molecule has 2 aliphatic carbocycles. The lowest BCUT2D eigenvalue weighted by molar-refractivity contribution is 0.0487. The summed E-state index contributed by atoms with van der Waals surface area (Å²) in [4.78, 5) is 46.0. The van der Waals surface area contributed by atoms with Gasteiger partial charge in [-0.2, -0.15) is 0 Å². The number of hydrogen-bond donors (Lipinski definition) is 3. The molecule has 1 fully saturated rings. The van der Waals surface area contributed by atoms with Crippen molar-refractivity contribution in [3.63, 3.8) is 0 Å². The molecule has 0 bridgehead atoms. The van der Waals surface area contributed by atoms with Gasteiger partial charge in [0.05, 0.1) is 5.39 Å². The predicted molar refractivity (Wildman–Crippen MR) is 120 cm³/mol. The summed E-state index contributed by atoms with van der Waals surface area (Å²) in [6.07, 6.45) is 6.11. The number of aromatic nitrogens is 2. The Balaban J connectivity index is 1.28. The second kappa shape index (κ2) is 8.61. The quantitative estimate of drug-likeness (QED) is 0.667. The maximum Gasteiger partial charge on any atom is 0.407 e. The molecule has 168 valence electrons. The van der Waals surface area contributed by atoms with Gasteiger partial charge in [0.25, 0.3) is 11.5 Å². The Hall–Kier alpha value is -2.42. The van der Waals surface area contributed by atoms with Crippen LogP contribution in [0.5, 0.6) is 0 Å². The average Bonchev–Trinajstić information content (AvgIpc) is 3.26. The standard InChI is InChI=1S/C22H30N4O4S/c1-22(2,3)30-21(29)24-13-9-7-12(8-10-13)11-23-19(28)17-25-18(27)16-14-5-4-6-15(14)31-20(16)26-17/h12-13H,4-11H2,1-3H3,(H,23,28)(H,24,29)(H,25,26,27). The fraction of sp³-hybridized carbons (Fsp3) is 0.636. The Labute approximate surface area is 185 Å². The number of carbonyl (C=O) groups is 2. The summed E-state index contributed by atoms with van der Waals surface area (Å²) in [6, 6.07) is 0.100. The molecule has 0 radical (unpaired) electrons. The van der Waals surface area contributed by atoms with Crippen LogP contribution in [0.15, 0.2) is 4.79 Å². The number of nitrogens with one attached hydrogen (secondary N) is 3. The van der Waals surface area contributed by atoms with Crippen LogP contribution in [0.25, 0.3) is 10.2 Å². The van der Waals surface area contributed by atoms with Gasteiger partial charge in [-0.25, -0.2) is 9.78 Å². The first-order valence-electron chi connectivity index (χ1n) is 11.0. The van der Waals surface area contributed by atoms with Crippen molar-refractivity contribution in [3.8, 4) is 0 Å². The Morgan fingerprint density at radius 2 is 1.94 bits per heavy atom. The topological polar surface area (TPSA) is 113 Å². The molecule has 31 heavy (non-hydrogen) atoms. The Bertz CT molecular complexity index is 1040. The molecule has 0 unspecified atom stereocenters. The molecule has 3 N–H and O–H groups in total. The second-order valence-electron chi connectivity index (χ2n) is 9.53. The number of rotatable bonds is 4. The van der Waals surface area contributed by atoms with Gasteiger partial charge >= 0.3 is 6.09 Å². The van der Waals surface area contributed by atoms with E-state index in [4.69, 9.17) is 4.74 Å². The van der Waals surface area contributed by atoms with Gasteiger partial charge in [0.15, 0.2) is 0 Å². The highest BCUT2D eigenvalue weighted by Crippen LogP contribution is 2.34. The summed E-state index contributed by atoms with van der Waals surface area (Å²) >= 11 is 1.53. The number of H-pyrrole nitrogens is 1. The molecule has 2 heterocycles. The fourth-order valence-corrected chi connectivity index (χ4v) is 5.68. The molecule has 2 aliphatic rings. The van der Waals surface area contributed by atoms with Crippen LogP contribution in [-0.2, 0) is 17.6 Å². The number of carbonyl (C=O) groups excluding carboxylic acids is 2. The number of aromatic amines is 1. The lowest BCUT2D eigenvalue weighted by Gasteiger charge is -2.30. The van der Waals surface area contributed by atoms with Gasteiger partial charge in [-0.3, -0.25) is 9.59 Å². The zero-order valence-corrected chi connectivity index (χ0v) is 19.1. The van der Waals surface area contributed by atoms with E-state index in [0.717, 1.165) is 50.5 Å². The highest BCUT2D eigenvalue weighted by molar-refractivity contribution is 7.18. The van der Waals surface area contributed by atoms with Crippen LogP contribution in [0.2, 0.25) is 0 Å². The molecule has 0 aromatic carbocycles. The number of amides is 2. The van der Waals surface area contributed by atoms with Gasteiger partial charge in [0, 0.05) is 17.5 Å². The molecule has 1 saturated carbocycles. The van der Waals surface area contributed by atoms with E-state index in [1.165, 1.54) is 16.2 Å². The van der Waals surface area contributed by atoms with Crippen molar-refractivity contribution in [2.45, 2.75) is 77.4 Å². The summed E-state index contributed by atoms with van der Waals surface area (Å²) in [6.45, 7) is 6.06. The summed E-state index contributed by atoms with van der Waals surface area (Å²) < 4.78 is 5.31. The average molecular weight is 447 g/mol. The molecule has 2 aromatic rings. The normalized spacial score (nSPS) is 21.0. The Morgan fingerprint density at radius 1 is 1.19 bits per heavy atom. The molecule has 4 rings (SSSR count). The molecule has 9 heteroatoms. The maximum absolute atomic E-state index is 12.6. The summed E-state index contributed by atoms with van der Waals surface area (Å²) in [5, 5.41) is 6.50. The first-order valence-corrected chi connectivity index (χ1v) is 11.8. The van der Waals surface area contributed by atoms with E-state index in [1.807, 2.05) is 20.8 Å². The minimum atomic E-state index is -0.507. The van der Waals surface area contributed by atoms with E-state index in [-0.39, 0.29) is 29.4 Å². The third-order valence-electron chi connectivity index (χ3n) is 5.91. The van der Waals surface area contributed by atoms with Crippen LogP contribution >= 0.6 is 11.3 Å². The van der Waals surface area contributed by atoms with Crippen LogP contribution in [0, 0.1) is 5.92 Å². The minimum Gasteiger partial charge on any atom is -0.444 e. The molecule has 0 atom stereocenters. The zero-order valence-electron chi connectivity index (χ0n) is 18.3. The SMILES string of the molecule is CC(C)(C)OC(=O)NC1CCC(CNC(=O)c2nc3sc4c(c3c(=O)[nH]2)CCC4)CC1. The number of thiophene rings is 1. The smallest absolute Gasteiger partial charge is 0.407 e. The van der Waals surface area contributed by atoms with Gasteiger partial charge in [-0.1, -0.05) is 0 Å². The van der Waals surface area contributed by atoms with E-state index in [9.17, 15) is 14.4 Å². The molecular weight excluding hydrogens is 416 g/mol. The molecule has 8 nitrogen and oxygen atoms in total. The van der Waals surface area contributed by atoms with Gasteiger partial charge in [-0.15, -0.1) is 11.3 Å². The molecule has 2 amide bonds. The Morgan fingerprint density at radius 3 is 2.65 bits per heavy atom. The zero-order chi connectivity index (χ0) is 22.2. The highest BCUT2D eigenvalue weighted by atomic mass is 32.1. The fourth-order valence-electron chi connectivity index (χ4n) is 4.42. The highest BCUT2D eigenvalue weighted by Gasteiger charge is 2.26. The van der Waals surface area contributed by atoms with E-state index in [2.05, 4.69) is 20.6 Å². The third-order valence-corrected chi connectivity index (χ3v) is 7.09. The first kappa shape index (κ1) is 21.8. The predicted octanol–water partition coefficient (Wildman–Crippen LogP) is 3.29. The minimum absolute atomic E-state index is 0.0812. The van der Waals surface area contributed by atoms with Crippen LogP contribution < -0.4 is 16.2 Å². The van der Waals surface area contributed by atoms with Crippen LogP contribution in [0.1, 0.15) is 73.9 Å². The van der Waals surface area contributed by atoms with Crippen LogP contribution in [-0.4, -0.2) is 40.2 Å². The number of alkyl carbamates (subject to hydrolysis) is 1. The lowest BCUT2D eigenvalue weighted by atomic mass is 9.86. The van der Waals surface area contributed by atoms with Gasteiger partial charge in [-0.05, 0) is 77.2 Å². The summed E-state index contributed by atoms with van der Waals surface area (Å²) in [5.74, 6) is 0.0703. The third kappa shape index (κ3) is 5.08. The molecule has 2 aromatic heterocycles. The largest absolute Gasteiger partial charge is 0.444 e. The molecule has 0 saturated heterocycles. The van der Waals surface area contributed by atoms with E-state index in [0.29, 0.717) is 22.7 Å². The van der Waals surface area contributed by atoms with Crippen molar-refractivity contribution in [2.75, 3.05) is 6.54 Å². The van der Waals surface area contributed by atoms with Gasteiger partial charge in [0.2, 0.25) is 5.82 Å². The molecular formula is C22H30N4O4S. The monoisotopic (exact) mass is 446 g/mol. The molecule has 0 spiro atoms.